The molecule has 1 aliphatic rings. The third-order valence-electron chi connectivity index (χ3n) is 3.76. The monoisotopic (exact) mass is 312 g/mol. The van der Waals surface area contributed by atoms with Crippen LogP contribution in [0.15, 0.2) is 24.3 Å². The number of nitrogens with one attached hydrogen (secondary N) is 1. The summed E-state index contributed by atoms with van der Waals surface area (Å²) in [6, 6.07) is 7.37. The van der Waals surface area contributed by atoms with E-state index in [9.17, 15) is 8.42 Å². The number of nitrogens with zero attached hydrogens (tertiary/aromatic N) is 1. The fourth-order valence-electron chi connectivity index (χ4n) is 2.65. The van der Waals surface area contributed by atoms with E-state index in [0.29, 0.717) is 31.1 Å². The normalized spacial score (nSPS) is 20.4. The topological polar surface area (TPSA) is 69.6 Å². The van der Waals surface area contributed by atoms with Crippen LogP contribution in [0.5, 0.6) is 0 Å². The quantitative estimate of drug-likeness (QED) is 0.844. The molecule has 1 aliphatic heterocycles. The number of rotatable bonds is 6. The number of aryl methyl sites for hydroxylation is 1. The number of anilines is 1. The predicted octanol–water partition coefficient (Wildman–Crippen LogP) is 2.00. The molecule has 21 heavy (non-hydrogen) atoms. The fraction of sp³-hybridized carbons (Fsp3) is 0.600. The zero-order valence-electron chi connectivity index (χ0n) is 12.5. The first-order valence-corrected chi connectivity index (χ1v) is 8.93. The summed E-state index contributed by atoms with van der Waals surface area (Å²) in [7, 11) is -3.47. The SMILES string of the molecule is CC1CCCN(S(=O)(=O)Nc2cccc(CCCO)c2)C1. The number of aliphatic hydroxyl groups is 1. The molecule has 1 fully saturated rings. The van der Waals surface area contributed by atoms with Crippen molar-refractivity contribution in [1.82, 2.24) is 4.31 Å². The lowest BCUT2D eigenvalue weighted by Crippen LogP contribution is -2.42. The summed E-state index contributed by atoms with van der Waals surface area (Å²) < 4.78 is 29.0. The minimum atomic E-state index is -3.47. The molecule has 118 valence electrons. The van der Waals surface area contributed by atoms with Gasteiger partial charge in [0, 0.05) is 19.7 Å². The summed E-state index contributed by atoms with van der Waals surface area (Å²) in [6.07, 6.45) is 3.42. The van der Waals surface area contributed by atoms with E-state index in [1.807, 2.05) is 18.2 Å². The Labute approximate surface area is 127 Å². The lowest BCUT2D eigenvalue weighted by Gasteiger charge is -2.30. The lowest BCUT2D eigenvalue weighted by molar-refractivity contribution is 0.282. The predicted molar refractivity (Wildman–Crippen MR) is 84.4 cm³/mol. The number of benzene rings is 1. The maximum Gasteiger partial charge on any atom is 0.301 e. The summed E-state index contributed by atoms with van der Waals surface area (Å²) in [6.45, 7) is 3.39. The van der Waals surface area contributed by atoms with Gasteiger partial charge in [0.15, 0.2) is 0 Å². The molecule has 0 aliphatic carbocycles. The van der Waals surface area contributed by atoms with E-state index in [-0.39, 0.29) is 6.61 Å². The van der Waals surface area contributed by atoms with Gasteiger partial charge in [-0.2, -0.15) is 12.7 Å². The molecule has 0 radical (unpaired) electrons. The zero-order valence-corrected chi connectivity index (χ0v) is 13.3. The largest absolute Gasteiger partial charge is 0.396 e. The average molecular weight is 312 g/mol. The maximum atomic E-state index is 12.4. The van der Waals surface area contributed by atoms with E-state index >= 15 is 0 Å². The van der Waals surface area contributed by atoms with Crippen molar-refractivity contribution < 1.29 is 13.5 Å². The first kappa shape index (κ1) is 16.3. The summed E-state index contributed by atoms with van der Waals surface area (Å²) in [5, 5.41) is 8.86. The van der Waals surface area contributed by atoms with Gasteiger partial charge < -0.3 is 5.11 Å². The highest BCUT2D eigenvalue weighted by Gasteiger charge is 2.26. The van der Waals surface area contributed by atoms with Crippen LogP contribution in [-0.4, -0.2) is 37.5 Å². The van der Waals surface area contributed by atoms with Crippen LogP contribution >= 0.6 is 0 Å². The summed E-state index contributed by atoms with van der Waals surface area (Å²) in [4.78, 5) is 0. The first-order chi connectivity index (χ1) is 10.0. The summed E-state index contributed by atoms with van der Waals surface area (Å²) in [5.74, 6) is 0.409. The van der Waals surface area contributed by atoms with Crippen molar-refractivity contribution in [2.24, 2.45) is 5.92 Å². The highest BCUT2D eigenvalue weighted by molar-refractivity contribution is 7.90. The molecular weight excluding hydrogens is 288 g/mol. The van der Waals surface area contributed by atoms with Gasteiger partial charge in [-0.3, -0.25) is 4.72 Å². The van der Waals surface area contributed by atoms with Crippen molar-refractivity contribution in [3.05, 3.63) is 29.8 Å². The standard InChI is InChI=1S/C15H24N2O3S/c1-13-5-3-9-17(12-13)21(19,20)16-15-8-2-6-14(11-15)7-4-10-18/h2,6,8,11,13,16,18H,3-5,7,9-10,12H2,1H3. The van der Waals surface area contributed by atoms with Gasteiger partial charge in [0.1, 0.15) is 0 Å². The molecule has 0 aromatic heterocycles. The second-order valence-electron chi connectivity index (χ2n) is 5.74. The van der Waals surface area contributed by atoms with Gasteiger partial charge in [-0.05, 0) is 49.3 Å². The van der Waals surface area contributed by atoms with Gasteiger partial charge in [-0.15, -0.1) is 0 Å². The van der Waals surface area contributed by atoms with Gasteiger partial charge in [-0.1, -0.05) is 19.1 Å². The second kappa shape index (κ2) is 7.24. The molecule has 1 heterocycles. The highest BCUT2D eigenvalue weighted by atomic mass is 32.2. The smallest absolute Gasteiger partial charge is 0.301 e. The molecule has 0 spiro atoms. The minimum absolute atomic E-state index is 0.140. The number of piperidine rings is 1. The summed E-state index contributed by atoms with van der Waals surface area (Å²) in [5.41, 5.74) is 1.61. The van der Waals surface area contributed by atoms with E-state index in [0.717, 1.165) is 24.8 Å². The second-order valence-corrected chi connectivity index (χ2v) is 7.41. The number of hydrogen-bond donors (Lipinski definition) is 2. The first-order valence-electron chi connectivity index (χ1n) is 7.49. The Morgan fingerprint density at radius 2 is 2.24 bits per heavy atom. The van der Waals surface area contributed by atoms with Gasteiger partial charge >= 0.3 is 10.2 Å². The third-order valence-corrected chi connectivity index (χ3v) is 5.26. The highest BCUT2D eigenvalue weighted by Crippen LogP contribution is 2.21. The molecule has 2 N–H and O–H groups in total. The van der Waals surface area contributed by atoms with Gasteiger partial charge in [0.25, 0.3) is 0 Å². The van der Waals surface area contributed by atoms with Crippen molar-refractivity contribution >= 4 is 15.9 Å². The van der Waals surface area contributed by atoms with E-state index < -0.39 is 10.2 Å². The van der Waals surface area contributed by atoms with Crippen LogP contribution in [0.25, 0.3) is 0 Å². The van der Waals surface area contributed by atoms with Crippen LogP contribution in [0.2, 0.25) is 0 Å². The van der Waals surface area contributed by atoms with E-state index in [2.05, 4.69) is 11.6 Å². The maximum absolute atomic E-state index is 12.4. The molecule has 5 nitrogen and oxygen atoms in total. The molecule has 1 atom stereocenters. The van der Waals surface area contributed by atoms with Crippen LogP contribution in [0, 0.1) is 5.92 Å². The Morgan fingerprint density at radius 1 is 1.43 bits per heavy atom. The third kappa shape index (κ3) is 4.69. The molecule has 6 heteroatoms. The summed E-state index contributed by atoms with van der Waals surface area (Å²) >= 11 is 0. The Morgan fingerprint density at radius 3 is 2.95 bits per heavy atom. The van der Waals surface area contributed by atoms with Crippen molar-refractivity contribution in [2.45, 2.75) is 32.6 Å². The van der Waals surface area contributed by atoms with Gasteiger partial charge in [0.05, 0.1) is 5.69 Å². The molecule has 0 amide bonds. The molecule has 1 aromatic carbocycles. The zero-order chi connectivity index (χ0) is 15.3. The molecule has 1 saturated heterocycles. The number of hydrogen-bond acceptors (Lipinski definition) is 3. The van der Waals surface area contributed by atoms with Crippen LogP contribution in [0.1, 0.15) is 31.7 Å². The van der Waals surface area contributed by atoms with Gasteiger partial charge in [-0.25, -0.2) is 0 Å². The minimum Gasteiger partial charge on any atom is -0.396 e. The Bertz CT molecular complexity index is 560. The van der Waals surface area contributed by atoms with Gasteiger partial charge in [0.2, 0.25) is 0 Å². The fourth-order valence-corrected chi connectivity index (χ4v) is 4.03. The lowest BCUT2D eigenvalue weighted by atomic mass is 10.0. The molecule has 0 saturated carbocycles. The van der Waals surface area contributed by atoms with Crippen molar-refractivity contribution in [1.29, 1.82) is 0 Å². The van der Waals surface area contributed by atoms with Crippen molar-refractivity contribution in [3.8, 4) is 0 Å². The Kier molecular flexibility index (Phi) is 5.61. The molecule has 1 unspecified atom stereocenters. The molecule has 2 rings (SSSR count). The van der Waals surface area contributed by atoms with Crippen LogP contribution in [-0.2, 0) is 16.6 Å². The molecule has 1 aromatic rings. The number of aliphatic hydroxyl groups excluding tert-OH is 1. The molecule has 0 bridgehead atoms. The van der Waals surface area contributed by atoms with Crippen LogP contribution in [0.3, 0.4) is 0 Å². The Balaban J connectivity index is 2.05. The van der Waals surface area contributed by atoms with E-state index in [1.54, 1.807) is 6.07 Å². The van der Waals surface area contributed by atoms with Crippen molar-refractivity contribution in [3.63, 3.8) is 0 Å². The van der Waals surface area contributed by atoms with E-state index in [4.69, 9.17) is 5.11 Å². The van der Waals surface area contributed by atoms with Crippen LogP contribution in [0.4, 0.5) is 5.69 Å². The Hall–Kier alpha value is -1.11. The van der Waals surface area contributed by atoms with Crippen molar-refractivity contribution in [2.75, 3.05) is 24.4 Å². The van der Waals surface area contributed by atoms with E-state index in [1.165, 1.54) is 4.31 Å². The van der Waals surface area contributed by atoms with Crippen LogP contribution < -0.4 is 4.72 Å². The average Bonchev–Trinajstić information content (AvgIpc) is 2.45. The molecular formula is C15H24N2O3S.